The summed E-state index contributed by atoms with van der Waals surface area (Å²) < 4.78 is 37.8. The second-order valence-electron chi connectivity index (χ2n) is 9.43. The summed E-state index contributed by atoms with van der Waals surface area (Å²) in [6.07, 6.45) is 0.338. The molecule has 0 aliphatic rings. The van der Waals surface area contributed by atoms with Crippen LogP contribution in [0, 0.1) is 0 Å². The Bertz CT molecular complexity index is 1560. The standard InChI is InChI=1S/C26H31N6O8P/c1-26(2,24(35)37-14-18-9-5-3-6-10-18)31-41(36,40-19-11-7-4-8-12-19)39-15-20(13-33)38-17-32-16-28-21-22(32)29-25(27)30-23(21)34/h3-12,16,20,33H,13-15,17H2,1-2H3,(H,31,36)(H3,27,29,30,34). The maximum atomic E-state index is 13.9. The van der Waals surface area contributed by atoms with Gasteiger partial charge in [0.25, 0.3) is 5.56 Å². The van der Waals surface area contributed by atoms with E-state index in [2.05, 4.69) is 20.0 Å². The van der Waals surface area contributed by atoms with Crippen molar-refractivity contribution >= 4 is 30.8 Å². The summed E-state index contributed by atoms with van der Waals surface area (Å²) in [7, 11) is -4.25. The van der Waals surface area contributed by atoms with Crippen LogP contribution in [0.15, 0.2) is 71.8 Å². The molecule has 0 spiro atoms. The third kappa shape index (κ3) is 7.99. The number of carbonyl (C=O) groups is 1. The lowest BCUT2D eigenvalue weighted by molar-refractivity contribution is -0.151. The molecule has 0 aliphatic carbocycles. The molecular formula is C26H31N6O8P. The molecule has 4 aromatic rings. The summed E-state index contributed by atoms with van der Waals surface area (Å²) in [6.45, 7) is 1.88. The van der Waals surface area contributed by atoms with Crippen LogP contribution in [-0.4, -0.2) is 55.5 Å². The minimum Gasteiger partial charge on any atom is -0.459 e. The second kappa shape index (κ2) is 13.1. The van der Waals surface area contributed by atoms with Gasteiger partial charge in [0.2, 0.25) is 5.95 Å². The number of nitrogens with zero attached hydrogens (tertiary/aromatic N) is 3. The quantitative estimate of drug-likeness (QED) is 0.125. The lowest BCUT2D eigenvalue weighted by Crippen LogP contribution is -2.47. The van der Waals surface area contributed by atoms with Crippen molar-refractivity contribution in [2.75, 3.05) is 18.9 Å². The number of aliphatic hydroxyl groups excluding tert-OH is 1. The first kappa shape index (κ1) is 29.9. The molecule has 0 radical (unpaired) electrons. The van der Waals surface area contributed by atoms with Gasteiger partial charge >= 0.3 is 13.7 Å². The lowest BCUT2D eigenvalue weighted by atomic mass is 10.1. The number of nitrogens with two attached hydrogens (primary N) is 1. The second-order valence-corrected chi connectivity index (χ2v) is 11.1. The van der Waals surface area contributed by atoms with E-state index >= 15 is 0 Å². The van der Waals surface area contributed by atoms with Gasteiger partial charge in [-0.1, -0.05) is 48.5 Å². The van der Waals surface area contributed by atoms with Crippen LogP contribution in [0.2, 0.25) is 0 Å². The Morgan fingerprint density at radius 3 is 2.54 bits per heavy atom. The molecule has 0 fully saturated rings. The largest absolute Gasteiger partial charge is 0.459 e. The van der Waals surface area contributed by atoms with Crippen LogP contribution in [-0.2, 0) is 36.7 Å². The minimum atomic E-state index is -4.25. The third-order valence-corrected chi connectivity index (χ3v) is 7.46. The number of benzene rings is 2. The molecule has 0 aliphatic heterocycles. The van der Waals surface area contributed by atoms with Gasteiger partial charge in [0.15, 0.2) is 11.2 Å². The molecule has 14 nitrogen and oxygen atoms in total. The third-order valence-electron chi connectivity index (χ3n) is 5.68. The maximum Gasteiger partial charge on any atom is 0.459 e. The van der Waals surface area contributed by atoms with Gasteiger partial charge in [0.1, 0.15) is 30.7 Å². The van der Waals surface area contributed by atoms with Crippen molar-refractivity contribution in [3.8, 4) is 5.75 Å². The number of aromatic nitrogens is 4. The van der Waals surface area contributed by atoms with Crippen LogP contribution < -0.4 is 20.9 Å². The average Bonchev–Trinajstić information content (AvgIpc) is 3.35. The number of rotatable bonds is 14. The van der Waals surface area contributed by atoms with Crippen LogP contribution in [0.4, 0.5) is 5.95 Å². The van der Waals surface area contributed by atoms with E-state index in [-0.39, 0.29) is 36.2 Å². The molecule has 0 bridgehead atoms. The molecule has 41 heavy (non-hydrogen) atoms. The van der Waals surface area contributed by atoms with E-state index in [9.17, 15) is 19.3 Å². The maximum absolute atomic E-state index is 13.9. The Morgan fingerprint density at radius 1 is 1.17 bits per heavy atom. The molecule has 2 atom stereocenters. The number of aromatic amines is 1. The number of anilines is 1. The summed E-state index contributed by atoms with van der Waals surface area (Å²) in [6, 6.07) is 17.4. The topological polar surface area (TPSA) is 193 Å². The number of para-hydroxylation sites is 1. The highest BCUT2D eigenvalue weighted by Crippen LogP contribution is 2.46. The molecule has 0 saturated heterocycles. The fourth-order valence-electron chi connectivity index (χ4n) is 3.58. The van der Waals surface area contributed by atoms with Gasteiger partial charge in [-0.2, -0.15) is 10.1 Å². The number of fused-ring (bicyclic) bond motifs is 1. The number of aliphatic hydroxyl groups is 1. The molecule has 15 heteroatoms. The Labute approximate surface area is 235 Å². The number of H-pyrrole nitrogens is 1. The van der Waals surface area contributed by atoms with Gasteiger partial charge in [0.05, 0.1) is 19.5 Å². The highest BCUT2D eigenvalue weighted by atomic mass is 31.2. The first-order chi connectivity index (χ1) is 19.6. The molecule has 2 aromatic carbocycles. The van der Waals surface area contributed by atoms with E-state index in [1.54, 1.807) is 30.3 Å². The zero-order valence-corrected chi connectivity index (χ0v) is 23.3. The zero-order valence-electron chi connectivity index (χ0n) is 22.4. The molecule has 5 N–H and O–H groups in total. The summed E-state index contributed by atoms with van der Waals surface area (Å²) in [5.41, 5.74) is 4.64. The predicted molar refractivity (Wildman–Crippen MR) is 149 cm³/mol. The van der Waals surface area contributed by atoms with Crippen LogP contribution in [0.1, 0.15) is 19.4 Å². The van der Waals surface area contributed by atoms with Crippen LogP contribution in [0.3, 0.4) is 0 Å². The number of esters is 1. The molecule has 2 aromatic heterocycles. The van der Waals surface area contributed by atoms with Gasteiger partial charge in [-0.25, -0.2) is 9.55 Å². The Balaban J connectivity index is 1.44. The summed E-state index contributed by atoms with van der Waals surface area (Å²) in [4.78, 5) is 35.3. The molecule has 0 amide bonds. The van der Waals surface area contributed by atoms with Crippen molar-refractivity contribution in [3.05, 3.63) is 82.9 Å². The molecular weight excluding hydrogens is 555 g/mol. The first-order valence-corrected chi connectivity index (χ1v) is 14.1. The predicted octanol–water partition coefficient (Wildman–Crippen LogP) is 2.35. The highest BCUT2D eigenvalue weighted by molar-refractivity contribution is 7.52. The van der Waals surface area contributed by atoms with Gasteiger partial charge in [-0.15, -0.1) is 0 Å². The van der Waals surface area contributed by atoms with E-state index < -0.39 is 44.1 Å². The zero-order chi connectivity index (χ0) is 29.5. The van der Waals surface area contributed by atoms with E-state index in [1.165, 1.54) is 24.7 Å². The van der Waals surface area contributed by atoms with Gasteiger partial charge < -0.3 is 24.8 Å². The first-order valence-electron chi connectivity index (χ1n) is 12.5. The molecule has 0 saturated carbocycles. The molecule has 4 rings (SSSR count). The number of hydrogen-bond donors (Lipinski definition) is 4. The van der Waals surface area contributed by atoms with Crippen LogP contribution >= 0.6 is 7.75 Å². The molecule has 2 unspecified atom stereocenters. The number of nitrogen functional groups attached to an aromatic ring is 1. The lowest BCUT2D eigenvalue weighted by Gasteiger charge is -2.30. The number of imidazole rings is 1. The average molecular weight is 587 g/mol. The summed E-state index contributed by atoms with van der Waals surface area (Å²) in [5, 5.41) is 12.6. The van der Waals surface area contributed by atoms with Crippen molar-refractivity contribution in [1.29, 1.82) is 0 Å². The van der Waals surface area contributed by atoms with Crippen LogP contribution in [0.5, 0.6) is 5.75 Å². The fraction of sp³-hybridized carbons (Fsp3) is 0.308. The summed E-state index contributed by atoms with van der Waals surface area (Å²) in [5.74, 6) is -0.566. The van der Waals surface area contributed by atoms with Gasteiger partial charge in [0, 0.05) is 0 Å². The Hall–Kier alpha value is -4.07. The van der Waals surface area contributed by atoms with E-state index in [0.717, 1.165) is 5.56 Å². The smallest absolute Gasteiger partial charge is 0.459 e. The Kier molecular flexibility index (Phi) is 9.53. The van der Waals surface area contributed by atoms with Crippen molar-refractivity contribution < 1.29 is 33.0 Å². The normalized spacial score (nSPS) is 13.9. The van der Waals surface area contributed by atoms with Crippen molar-refractivity contribution in [3.63, 3.8) is 0 Å². The Morgan fingerprint density at radius 2 is 1.85 bits per heavy atom. The van der Waals surface area contributed by atoms with Gasteiger partial charge in [-0.05, 0) is 31.5 Å². The van der Waals surface area contributed by atoms with E-state index in [4.69, 9.17) is 24.3 Å². The molecule has 218 valence electrons. The van der Waals surface area contributed by atoms with E-state index in [0.29, 0.717) is 0 Å². The number of carbonyl (C=O) groups excluding carboxylic acids is 1. The summed E-state index contributed by atoms with van der Waals surface area (Å²) >= 11 is 0. The number of hydrogen-bond acceptors (Lipinski definition) is 11. The van der Waals surface area contributed by atoms with Crippen molar-refractivity contribution in [2.45, 2.75) is 38.8 Å². The van der Waals surface area contributed by atoms with Gasteiger partial charge in [-0.3, -0.25) is 23.7 Å². The SMILES string of the molecule is CC(C)(NP(=O)(OCC(CO)OCn1cnc2c(=O)[nH]c(N)nc21)Oc1ccccc1)C(=O)OCc1ccccc1. The van der Waals surface area contributed by atoms with Crippen molar-refractivity contribution in [1.82, 2.24) is 24.6 Å². The fourth-order valence-corrected chi connectivity index (χ4v) is 5.28. The highest BCUT2D eigenvalue weighted by Gasteiger charge is 2.41. The molecule has 2 heterocycles. The minimum absolute atomic E-state index is 0.0191. The van der Waals surface area contributed by atoms with Crippen molar-refractivity contribution in [2.24, 2.45) is 0 Å². The van der Waals surface area contributed by atoms with E-state index in [1.807, 2.05) is 30.3 Å². The number of ether oxygens (including phenoxy) is 2. The van der Waals surface area contributed by atoms with Crippen LogP contribution in [0.25, 0.3) is 11.2 Å². The monoisotopic (exact) mass is 586 g/mol. The number of nitrogens with one attached hydrogen (secondary N) is 2.